The fourth-order valence-corrected chi connectivity index (χ4v) is 3.63. The standard InChI is InChI=1S/C17H16S/c1-11-4-7-14(8-5-11)17-13(3)15-9-6-12(2)10-16(15)18-17/h4-10H,1-3H3. The van der Waals surface area contributed by atoms with Crippen LogP contribution in [0.15, 0.2) is 42.5 Å². The largest absolute Gasteiger partial charge is 0.135 e. The third-order valence-corrected chi connectivity index (χ3v) is 4.71. The summed E-state index contributed by atoms with van der Waals surface area (Å²) in [6.07, 6.45) is 0. The van der Waals surface area contributed by atoms with E-state index < -0.39 is 0 Å². The Morgan fingerprint density at radius 3 is 2.17 bits per heavy atom. The number of thiophene rings is 1. The zero-order chi connectivity index (χ0) is 12.7. The van der Waals surface area contributed by atoms with Crippen LogP contribution in [-0.2, 0) is 0 Å². The van der Waals surface area contributed by atoms with Crippen LogP contribution in [0.1, 0.15) is 16.7 Å². The Bertz CT molecular complexity index is 702. The maximum Gasteiger partial charge on any atom is 0.0384 e. The van der Waals surface area contributed by atoms with Crippen molar-refractivity contribution >= 4 is 21.4 Å². The molecule has 0 fully saturated rings. The van der Waals surface area contributed by atoms with E-state index in [1.165, 1.54) is 37.2 Å². The van der Waals surface area contributed by atoms with E-state index >= 15 is 0 Å². The van der Waals surface area contributed by atoms with E-state index in [9.17, 15) is 0 Å². The molecule has 1 aromatic heterocycles. The van der Waals surface area contributed by atoms with E-state index in [1.807, 2.05) is 11.3 Å². The summed E-state index contributed by atoms with van der Waals surface area (Å²) in [4.78, 5) is 1.40. The lowest BCUT2D eigenvalue weighted by Crippen LogP contribution is -1.77. The van der Waals surface area contributed by atoms with Gasteiger partial charge in [0.15, 0.2) is 0 Å². The van der Waals surface area contributed by atoms with Crippen molar-refractivity contribution in [3.8, 4) is 10.4 Å². The molecule has 1 heteroatoms. The fraction of sp³-hybridized carbons (Fsp3) is 0.176. The highest BCUT2D eigenvalue weighted by molar-refractivity contribution is 7.22. The van der Waals surface area contributed by atoms with Crippen LogP contribution in [-0.4, -0.2) is 0 Å². The predicted octanol–water partition coefficient (Wildman–Crippen LogP) is 5.49. The van der Waals surface area contributed by atoms with Crippen molar-refractivity contribution < 1.29 is 0 Å². The molecule has 0 aliphatic heterocycles. The van der Waals surface area contributed by atoms with Crippen molar-refractivity contribution in [2.75, 3.05) is 0 Å². The Hall–Kier alpha value is -1.60. The first-order valence-electron chi connectivity index (χ1n) is 6.22. The molecule has 0 amide bonds. The minimum Gasteiger partial charge on any atom is -0.135 e. The highest BCUT2D eigenvalue weighted by Crippen LogP contribution is 2.38. The van der Waals surface area contributed by atoms with E-state index in [2.05, 4.69) is 63.2 Å². The molecule has 0 bridgehead atoms. The molecule has 2 aromatic carbocycles. The van der Waals surface area contributed by atoms with Crippen molar-refractivity contribution in [2.24, 2.45) is 0 Å². The number of hydrogen-bond donors (Lipinski definition) is 0. The molecule has 0 spiro atoms. The maximum absolute atomic E-state index is 2.28. The number of hydrogen-bond acceptors (Lipinski definition) is 1. The Balaban J connectivity index is 2.23. The molecule has 18 heavy (non-hydrogen) atoms. The molecule has 0 aliphatic rings. The molecule has 0 saturated carbocycles. The van der Waals surface area contributed by atoms with Gasteiger partial charge in [0, 0.05) is 9.58 Å². The van der Waals surface area contributed by atoms with Crippen LogP contribution >= 0.6 is 11.3 Å². The third kappa shape index (κ3) is 1.85. The van der Waals surface area contributed by atoms with Crippen LogP contribution in [0.25, 0.3) is 20.5 Å². The molecule has 3 rings (SSSR count). The van der Waals surface area contributed by atoms with Gasteiger partial charge in [0.25, 0.3) is 0 Å². The van der Waals surface area contributed by atoms with Gasteiger partial charge in [-0.15, -0.1) is 11.3 Å². The van der Waals surface area contributed by atoms with Crippen molar-refractivity contribution in [1.82, 2.24) is 0 Å². The Kier molecular flexibility index (Phi) is 2.71. The summed E-state index contributed by atoms with van der Waals surface area (Å²) in [5.74, 6) is 0. The van der Waals surface area contributed by atoms with Crippen LogP contribution < -0.4 is 0 Å². The average molecular weight is 252 g/mol. The van der Waals surface area contributed by atoms with Crippen LogP contribution in [0.3, 0.4) is 0 Å². The summed E-state index contributed by atoms with van der Waals surface area (Å²) in [7, 11) is 0. The van der Waals surface area contributed by atoms with Crippen LogP contribution in [0.5, 0.6) is 0 Å². The molecule has 1 heterocycles. The summed E-state index contributed by atoms with van der Waals surface area (Å²) in [5.41, 5.74) is 5.38. The highest BCUT2D eigenvalue weighted by Gasteiger charge is 2.09. The summed E-state index contributed by atoms with van der Waals surface area (Å²) in [6, 6.07) is 15.5. The Morgan fingerprint density at radius 1 is 0.778 bits per heavy atom. The second kappa shape index (κ2) is 4.25. The zero-order valence-corrected chi connectivity index (χ0v) is 11.8. The summed E-state index contributed by atoms with van der Waals surface area (Å²) >= 11 is 1.90. The van der Waals surface area contributed by atoms with Crippen molar-refractivity contribution in [3.05, 3.63) is 59.2 Å². The average Bonchev–Trinajstić information content (AvgIpc) is 2.67. The lowest BCUT2D eigenvalue weighted by atomic mass is 10.1. The summed E-state index contributed by atoms with van der Waals surface area (Å²) in [6.45, 7) is 6.51. The van der Waals surface area contributed by atoms with Crippen molar-refractivity contribution in [3.63, 3.8) is 0 Å². The Labute approximate surface area is 112 Å². The normalized spacial score (nSPS) is 11.1. The smallest absolute Gasteiger partial charge is 0.0384 e. The fourth-order valence-electron chi connectivity index (χ4n) is 2.31. The SMILES string of the molecule is Cc1ccc(-c2sc3cc(C)ccc3c2C)cc1. The van der Waals surface area contributed by atoms with E-state index in [4.69, 9.17) is 0 Å². The van der Waals surface area contributed by atoms with Gasteiger partial charge in [-0.2, -0.15) is 0 Å². The monoisotopic (exact) mass is 252 g/mol. The molecule has 0 radical (unpaired) electrons. The van der Waals surface area contributed by atoms with Gasteiger partial charge in [-0.05, 0) is 48.9 Å². The highest BCUT2D eigenvalue weighted by atomic mass is 32.1. The van der Waals surface area contributed by atoms with Gasteiger partial charge in [0.2, 0.25) is 0 Å². The van der Waals surface area contributed by atoms with Gasteiger partial charge < -0.3 is 0 Å². The second-order valence-corrected chi connectivity index (χ2v) is 5.97. The first-order chi connectivity index (χ1) is 8.65. The van der Waals surface area contributed by atoms with Gasteiger partial charge >= 0.3 is 0 Å². The topological polar surface area (TPSA) is 0 Å². The molecular weight excluding hydrogens is 236 g/mol. The molecular formula is C17H16S. The molecule has 0 nitrogen and oxygen atoms in total. The molecule has 3 aromatic rings. The predicted molar refractivity (Wildman–Crippen MR) is 81.5 cm³/mol. The molecule has 0 unspecified atom stereocenters. The van der Waals surface area contributed by atoms with E-state index in [1.54, 1.807) is 0 Å². The van der Waals surface area contributed by atoms with Gasteiger partial charge in [0.05, 0.1) is 0 Å². The maximum atomic E-state index is 2.28. The van der Waals surface area contributed by atoms with Gasteiger partial charge in [-0.1, -0.05) is 42.0 Å². The minimum absolute atomic E-state index is 1.31. The van der Waals surface area contributed by atoms with Crippen LogP contribution in [0.2, 0.25) is 0 Å². The zero-order valence-electron chi connectivity index (χ0n) is 10.9. The minimum atomic E-state index is 1.31. The lowest BCUT2D eigenvalue weighted by molar-refractivity contribution is 1.47. The summed E-state index contributed by atoms with van der Waals surface area (Å²) in [5, 5.41) is 1.39. The van der Waals surface area contributed by atoms with Crippen molar-refractivity contribution in [2.45, 2.75) is 20.8 Å². The molecule has 0 saturated heterocycles. The number of fused-ring (bicyclic) bond motifs is 1. The lowest BCUT2D eigenvalue weighted by Gasteiger charge is -2.00. The quantitative estimate of drug-likeness (QED) is 0.537. The molecule has 0 atom stereocenters. The van der Waals surface area contributed by atoms with E-state index in [-0.39, 0.29) is 0 Å². The molecule has 0 aliphatic carbocycles. The second-order valence-electron chi connectivity index (χ2n) is 4.92. The number of rotatable bonds is 1. The molecule has 90 valence electrons. The van der Waals surface area contributed by atoms with Gasteiger partial charge in [0.1, 0.15) is 0 Å². The number of benzene rings is 2. The Morgan fingerprint density at radius 2 is 1.44 bits per heavy atom. The number of aryl methyl sites for hydroxylation is 3. The first-order valence-corrected chi connectivity index (χ1v) is 7.03. The van der Waals surface area contributed by atoms with E-state index in [0.717, 1.165) is 0 Å². The van der Waals surface area contributed by atoms with Crippen LogP contribution in [0.4, 0.5) is 0 Å². The van der Waals surface area contributed by atoms with Crippen molar-refractivity contribution in [1.29, 1.82) is 0 Å². The summed E-state index contributed by atoms with van der Waals surface area (Å²) < 4.78 is 1.39. The third-order valence-electron chi connectivity index (χ3n) is 3.41. The first kappa shape index (κ1) is 11.5. The van der Waals surface area contributed by atoms with Gasteiger partial charge in [-0.25, -0.2) is 0 Å². The van der Waals surface area contributed by atoms with E-state index in [0.29, 0.717) is 0 Å². The van der Waals surface area contributed by atoms with Gasteiger partial charge in [-0.3, -0.25) is 0 Å². The van der Waals surface area contributed by atoms with Crippen LogP contribution in [0, 0.1) is 20.8 Å². The molecule has 0 N–H and O–H groups in total.